The standard InChI is InChI=1S/C12H11N5OS2/c1-8-13-9(6-19-8)7-20-12-14-15-16-17(12)10-2-4-11(18)5-3-10/h2-6,18H,7H2,1H3. The van der Waals surface area contributed by atoms with Gasteiger partial charge in [0.2, 0.25) is 5.16 Å². The van der Waals surface area contributed by atoms with Gasteiger partial charge < -0.3 is 5.11 Å². The minimum absolute atomic E-state index is 0.217. The molecule has 1 aromatic carbocycles. The molecule has 0 atom stereocenters. The molecule has 0 aliphatic carbocycles. The quantitative estimate of drug-likeness (QED) is 0.746. The van der Waals surface area contributed by atoms with Crippen LogP contribution in [0.3, 0.4) is 0 Å². The average molecular weight is 305 g/mol. The molecule has 3 aromatic rings. The normalized spacial score (nSPS) is 10.8. The first-order valence-electron chi connectivity index (χ1n) is 5.84. The van der Waals surface area contributed by atoms with E-state index in [1.54, 1.807) is 40.3 Å². The minimum Gasteiger partial charge on any atom is -0.508 e. The van der Waals surface area contributed by atoms with Gasteiger partial charge in [-0.15, -0.1) is 16.4 Å². The Morgan fingerprint density at radius 2 is 2.10 bits per heavy atom. The van der Waals surface area contributed by atoms with Crippen LogP contribution in [0.25, 0.3) is 5.69 Å². The molecule has 0 unspecified atom stereocenters. The predicted molar refractivity (Wildman–Crippen MR) is 77.2 cm³/mol. The molecule has 0 aliphatic rings. The van der Waals surface area contributed by atoms with Crippen LogP contribution < -0.4 is 0 Å². The first-order valence-corrected chi connectivity index (χ1v) is 7.70. The zero-order valence-electron chi connectivity index (χ0n) is 10.6. The van der Waals surface area contributed by atoms with Crippen molar-refractivity contribution >= 4 is 23.1 Å². The fraction of sp³-hybridized carbons (Fsp3) is 0.167. The third kappa shape index (κ3) is 2.81. The Hall–Kier alpha value is -1.93. The lowest BCUT2D eigenvalue weighted by Crippen LogP contribution is -1.98. The second-order valence-corrected chi connectivity index (χ2v) is 6.04. The lowest BCUT2D eigenvalue weighted by molar-refractivity contribution is 0.475. The molecule has 0 saturated carbocycles. The molecule has 6 nitrogen and oxygen atoms in total. The highest BCUT2D eigenvalue weighted by Gasteiger charge is 2.10. The molecule has 2 aromatic heterocycles. The number of tetrazole rings is 1. The first-order chi connectivity index (χ1) is 9.72. The van der Waals surface area contributed by atoms with Crippen LogP contribution >= 0.6 is 23.1 Å². The Morgan fingerprint density at radius 1 is 1.30 bits per heavy atom. The van der Waals surface area contributed by atoms with Crippen molar-refractivity contribution in [1.82, 2.24) is 25.2 Å². The summed E-state index contributed by atoms with van der Waals surface area (Å²) in [5.74, 6) is 0.942. The molecule has 3 rings (SSSR count). The van der Waals surface area contributed by atoms with E-state index in [1.807, 2.05) is 12.3 Å². The number of hydrogen-bond acceptors (Lipinski definition) is 7. The van der Waals surface area contributed by atoms with Gasteiger partial charge in [-0.2, -0.15) is 4.68 Å². The molecular weight excluding hydrogens is 294 g/mol. The summed E-state index contributed by atoms with van der Waals surface area (Å²) in [6.07, 6.45) is 0. The number of hydrogen-bond donors (Lipinski definition) is 1. The largest absolute Gasteiger partial charge is 0.508 e. The zero-order valence-corrected chi connectivity index (χ0v) is 12.2. The summed E-state index contributed by atoms with van der Waals surface area (Å²) < 4.78 is 1.64. The minimum atomic E-state index is 0.217. The summed E-state index contributed by atoms with van der Waals surface area (Å²) in [5.41, 5.74) is 1.84. The number of benzene rings is 1. The van der Waals surface area contributed by atoms with Gasteiger partial charge >= 0.3 is 0 Å². The van der Waals surface area contributed by atoms with Crippen molar-refractivity contribution in [3.05, 3.63) is 40.3 Å². The highest BCUT2D eigenvalue weighted by molar-refractivity contribution is 7.98. The summed E-state index contributed by atoms with van der Waals surface area (Å²) in [6, 6.07) is 6.75. The zero-order chi connectivity index (χ0) is 13.9. The number of phenolic OH excluding ortho intramolecular Hbond substituents is 1. The number of thiazole rings is 1. The van der Waals surface area contributed by atoms with Gasteiger partial charge in [-0.3, -0.25) is 0 Å². The average Bonchev–Trinajstić information content (AvgIpc) is 3.06. The van der Waals surface area contributed by atoms with Crippen LogP contribution in [0.2, 0.25) is 0 Å². The maximum absolute atomic E-state index is 9.30. The maximum Gasteiger partial charge on any atom is 0.214 e. The molecule has 0 radical (unpaired) electrons. The Labute approximate surface area is 123 Å². The van der Waals surface area contributed by atoms with Crippen LogP contribution in [0.5, 0.6) is 5.75 Å². The third-order valence-corrected chi connectivity index (χ3v) is 4.33. The van der Waals surface area contributed by atoms with Crippen molar-refractivity contribution in [2.45, 2.75) is 17.8 Å². The summed E-state index contributed by atoms with van der Waals surface area (Å²) in [5, 5.41) is 24.8. The summed E-state index contributed by atoms with van der Waals surface area (Å²) >= 11 is 3.16. The van der Waals surface area contributed by atoms with Gasteiger partial charge in [0, 0.05) is 11.1 Å². The Bertz CT molecular complexity index is 707. The van der Waals surface area contributed by atoms with Crippen LogP contribution in [0.1, 0.15) is 10.7 Å². The molecule has 0 bridgehead atoms. The fourth-order valence-electron chi connectivity index (χ4n) is 1.64. The summed E-state index contributed by atoms with van der Waals surface area (Å²) in [7, 11) is 0. The highest BCUT2D eigenvalue weighted by atomic mass is 32.2. The molecule has 8 heteroatoms. The Kier molecular flexibility index (Phi) is 3.66. The van der Waals surface area contributed by atoms with Gasteiger partial charge in [0.1, 0.15) is 5.75 Å². The number of thioether (sulfide) groups is 1. The monoisotopic (exact) mass is 305 g/mol. The van der Waals surface area contributed by atoms with Crippen molar-refractivity contribution in [2.24, 2.45) is 0 Å². The number of aromatic nitrogens is 5. The van der Waals surface area contributed by atoms with Gasteiger partial charge in [-0.25, -0.2) is 4.98 Å². The summed E-state index contributed by atoms with van der Waals surface area (Å²) in [6.45, 7) is 1.99. The second kappa shape index (κ2) is 5.59. The van der Waals surface area contributed by atoms with Crippen molar-refractivity contribution < 1.29 is 5.11 Å². The lowest BCUT2D eigenvalue weighted by Gasteiger charge is -2.03. The SMILES string of the molecule is Cc1nc(CSc2nnnn2-c2ccc(O)cc2)cs1. The van der Waals surface area contributed by atoms with Crippen LogP contribution in [-0.2, 0) is 5.75 Å². The van der Waals surface area contributed by atoms with Crippen LogP contribution in [0, 0.1) is 6.92 Å². The van der Waals surface area contributed by atoms with Crippen LogP contribution in [0.4, 0.5) is 0 Å². The molecule has 0 spiro atoms. The van der Waals surface area contributed by atoms with E-state index in [9.17, 15) is 5.11 Å². The van der Waals surface area contributed by atoms with Gasteiger partial charge in [-0.05, 0) is 41.6 Å². The number of phenols is 1. The molecule has 0 fully saturated rings. The smallest absolute Gasteiger partial charge is 0.214 e. The molecule has 1 N–H and O–H groups in total. The van der Waals surface area contributed by atoms with Crippen LogP contribution in [0.15, 0.2) is 34.8 Å². The lowest BCUT2D eigenvalue weighted by atomic mass is 10.3. The number of nitrogens with zero attached hydrogens (tertiary/aromatic N) is 5. The maximum atomic E-state index is 9.30. The van der Waals surface area contributed by atoms with Gasteiger partial charge in [0.15, 0.2) is 0 Å². The summed E-state index contributed by atoms with van der Waals surface area (Å²) in [4.78, 5) is 4.41. The van der Waals surface area contributed by atoms with E-state index in [4.69, 9.17) is 0 Å². The third-order valence-electron chi connectivity index (χ3n) is 2.55. The highest BCUT2D eigenvalue weighted by Crippen LogP contribution is 2.23. The second-order valence-electron chi connectivity index (χ2n) is 4.04. The van der Waals surface area contributed by atoms with Gasteiger partial charge in [-0.1, -0.05) is 11.8 Å². The molecular formula is C12H11N5OS2. The van der Waals surface area contributed by atoms with Crippen molar-refractivity contribution in [3.63, 3.8) is 0 Å². The Balaban J connectivity index is 1.78. The molecule has 102 valence electrons. The van der Waals surface area contributed by atoms with Gasteiger partial charge in [0.05, 0.1) is 16.4 Å². The molecule has 2 heterocycles. The molecule has 0 aliphatic heterocycles. The van der Waals surface area contributed by atoms with E-state index in [1.165, 1.54) is 11.8 Å². The van der Waals surface area contributed by atoms with E-state index in [0.717, 1.165) is 22.1 Å². The van der Waals surface area contributed by atoms with Gasteiger partial charge in [0.25, 0.3) is 0 Å². The van der Waals surface area contributed by atoms with E-state index in [-0.39, 0.29) is 5.75 Å². The molecule has 0 saturated heterocycles. The number of aromatic hydroxyl groups is 1. The van der Waals surface area contributed by atoms with E-state index < -0.39 is 0 Å². The van der Waals surface area contributed by atoms with Crippen molar-refractivity contribution in [1.29, 1.82) is 0 Å². The predicted octanol–water partition coefficient (Wildman–Crippen LogP) is 2.43. The van der Waals surface area contributed by atoms with Crippen molar-refractivity contribution in [3.8, 4) is 11.4 Å². The van der Waals surface area contributed by atoms with E-state index in [2.05, 4.69) is 20.5 Å². The number of rotatable bonds is 4. The topological polar surface area (TPSA) is 76.7 Å². The van der Waals surface area contributed by atoms with Crippen molar-refractivity contribution in [2.75, 3.05) is 0 Å². The molecule has 0 amide bonds. The molecule has 20 heavy (non-hydrogen) atoms. The first kappa shape index (κ1) is 13.1. The fourth-order valence-corrected chi connectivity index (χ4v) is 3.14. The Morgan fingerprint density at radius 3 is 2.80 bits per heavy atom. The van der Waals surface area contributed by atoms with E-state index in [0.29, 0.717) is 5.16 Å². The van der Waals surface area contributed by atoms with E-state index >= 15 is 0 Å². The van der Waals surface area contributed by atoms with Crippen LogP contribution in [-0.4, -0.2) is 30.3 Å². The number of aryl methyl sites for hydroxylation is 1.